The minimum atomic E-state index is -0.233. The second-order valence-electron chi connectivity index (χ2n) is 6.80. The second-order valence-corrected chi connectivity index (χ2v) is 6.80. The van der Waals surface area contributed by atoms with E-state index in [1.54, 1.807) is 12.1 Å². The first-order valence-corrected chi connectivity index (χ1v) is 9.32. The molecule has 0 fully saturated rings. The fraction of sp³-hybridized carbons (Fsp3) is 0.261. The van der Waals surface area contributed by atoms with Gasteiger partial charge in [-0.1, -0.05) is 37.3 Å². The smallest absolute Gasteiger partial charge is 0.254 e. The van der Waals surface area contributed by atoms with Crippen LogP contribution in [0.4, 0.5) is 4.39 Å². The Morgan fingerprint density at radius 1 is 1.07 bits per heavy atom. The molecule has 3 rings (SSSR count). The third kappa shape index (κ3) is 4.64. The van der Waals surface area contributed by atoms with Crippen LogP contribution in [0.2, 0.25) is 0 Å². The summed E-state index contributed by atoms with van der Waals surface area (Å²) in [4.78, 5) is 15.0. The predicted octanol–water partition coefficient (Wildman–Crippen LogP) is 5.04. The van der Waals surface area contributed by atoms with Crippen LogP contribution in [0.1, 0.15) is 40.5 Å². The number of aromatic nitrogens is 1. The van der Waals surface area contributed by atoms with Gasteiger partial charge in [0.05, 0.1) is 6.54 Å². The van der Waals surface area contributed by atoms with E-state index in [4.69, 9.17) is 0 Å². The van der Waals surface area contributed by atoms with E-state index in [9.17, 15) is 9.18 Å². The van der Waals surface area contributed by atoms with Crippen LogP contribution in [0.3, 0.4) is 0 Å². The summed E-state index contributed by atoms with van der Waals surface area (Å²) in [5.41, 5.74) is 3.67. The van der Waals surface area contributed by atoms with E-state index in [1.165, 1.54) is 6.07 Å². The number of hydrogen-bond donors (Lipinski definition) is 0. The number of halogens is 1. The van der Waals surface area contributed by atoms with Gasteiger partial charge in [0.2, 0.25) is 0 Å². The van der Waals surface area contributed by atoms with Gasteiger partial charge in [0.1, 0.15) is 5.82 Å². The van der Waals surface area contributed by atoms with Crippen molar-refractivity contribution in [1.29, 1.82) is 0 Å². The van der Waals surface area contributed by atoms with Crippen LogP contribution in [-0.2, 0) is 13.1 Å². The molecule has 0 spiro atoms. The first-order chi connectivity index (χ1) is 13.1. The number of nitrogens with zero attached hydrogens (tertiary/aromatic N) is 2. The summed E-state index contributed by atoms with van der Waals surface area (Å²) in [7, 11) is 0. The lowest BCUT2D eigenvalue weighted by Crippen LogP contribution is -2.32. The molecule has 27 heavy (non-hydrogen) atoms. The Kier molecular flexibility index (Phi) is 6.07. The van der Waals surface area contributed by atoms with Gasteiger partial charge in [-0.2, -0.15) is 0 Å². The third-order valence-electron chi connectivity index (χ3n) is 4.67. The van der Waals surface area contributed by atoms with Crippen molar-refractivity contribution in [2.24, 2.45) is 0 Å². The molecular weight excluding hydrogens is 339 g/mol. The highest BCUT2D eigenvalue weighted by Crippen LogP contribution is 2.16. The predicted molar refractivity (Wildman–Crippen MR) is 106 cm³/mol. The van der Waals surface area contributed by atoms with Crippen molar-refractivity contribution >= 4 is 5.91 Å². The summed E-state index contributed by atoms with van der Waals surface area (Å²) in [6, 6.07) is 18.3. The highest BCUT2D eigenvalue weighted by molar-refractivity contribution is 5.95. The standard InChI is InChI=1S/C23H25FN2O/c1-3-13-26(23(27)22-12-5-4-8-18(22)2)17-21-11-7-14-25(21)16-19-9-6-10-20(24)15-19/h4-12,14-15H,3,13,16-17H2,1-2H3. The SMILES string of the molecule is CCCN(Cc1cccn1Cc1cccc(F)c1)C(=O)c1ccccc1C. The molecule has 0 atom stereocenters. The molecule has 0 saturated heterocycles. The average molecular weight is 364 g/mol. The summed E-state index contributed by atoms with van der Waals surface area (Å²) >= 11 is 0. The highest BCUT2D eigenvalue weighted by Gasteiger charge is 2.18. The molecular formula is C23H25FN2O. The lowest BCUT2D eigenvalue weighted by molar-refractivity contribution is 0.0739. The average Bonchev–Trinajstić information content (AvgIpc) is 3.08. The number of carbonyl (C=O) groups is 1. The number of rotatable bonds is 7. The zero-order chi connectivity index (χ0) is 19.2. The van der Waals surface area contributed by atoms with E-state index in [-0.39, 0.29) is 11.7 Å². The Labute approximate surface area is 160 Å². The van der Waals surface area contributed by atoms with Crippen molar-refractivity contribution in [3.05, 3.63) is 95.1 Å². The highest BCUT2D eigenvalue weighted by atomic mass is 19.1. The largest absolute Gasteiger partial charge is 0.345 e. The van der Waals surface area contributed by atoms with E-state index >= 15 is 0 Å². The molecule has 0 N–H and O–H groups in total. The van der Waals surface area contributed by atoms with Crippen molar-refractivity contribution < 1.29 is 9.18 Å². The lowest BCUT2D eigenvalue weighted by Gasteiger charge is -2.24. The molecule has 0 unspecified atom stereocenters. The maximum Gasteiger partial charge on any atom is 0.254 e. The zero-order valence-corrected chi connectivity index (χ0v) is 15.9. The van der Waals surface area contributed by atoms with Crippen LogP contribution in [0.25, 0.3) is 0 Å². The fourth-order valence-electron chi connectivity index (χ4n) is 3.28. The van der Waals surface area contributed by atoms with Crippen molar-refractivity contribution in [1.82, 2.24) is 9.47 Å². The summed E-state index contributed by atoms with van der Waals surface area (Å²) in [6.07, 6.45) is 2.87. The Hall–Kier alpha value is -2.88. The van der Waals surface area contributed by atoms with Crippen LogP contribution >= 0.6 is 0 Å². The van der Waals surface area contributed by atoms with Crippen molar-refractivity contribution in [2.45, 2.75) is 33.4 Å². The van der Waals surface area contributed by atoms with Crippen LogP contribution in [-0.4, -0.2) is 21.9 Å². The molecule has 0 saturated carbocycles. The Morgan fingerprint density at radius 3 is 2.63 bits per heavy atom. The maximum absolute atomic E-state index is 13.5. The molecule has 2 aromatic carbocycles. The molecule has 3 nitrogen and oxygen atoms in total. The van der Waals surface area contributed by atoms with Crippen LogP contribution < -0.4 is 0 Å². The van der Waals surface area contributed by atoms with Gasteiger partial charge in [-0.3, -0.25) is 4.79 Å². The molecule has 1 amide bonds. The van der Waals surface area contributed by atoms with Crippen LogP contribution in [0.5, 0.6) is 0 Å². The maximum atomic E-state index is 13.5. The molecule has 0 radical (unpaired) electrons. The molecule has 0 bridgehead atoms. The van der Waals surface area contributed by atoms with Gasteiger partial charge >= 0.3 is 0 Å². The number of hydrogen-bond acceptors (Lipinski definition) is 1. The summed E-state index contributed by atoms with van der Waals surface area (Å²) in [5.74, 6) is -0.183. The number of aryl methyl sites for hydroxylation is 1. The lowest BCUT2D eigenvalue weighted by atomic mass is 10.1. The molecule has 4 heteroatoms. The summed E-state index contributed by atoms with van der Waals surface area (Å²) in [6.45, 7) is 5.84. The molecule has 0 aliphatic heterocycles. The second kappa shape index (κ2) is 8.67. The zero-order valence-electron chi connectivity index (χ0n) is 15.9. The Balaban J connectivity index is 1.81. The van der Waals surface area contributed by atoms with Gasteiger partial charge in [0, 0.05) is 30.5 Å². The molecule has 0 aliphatic carbocycles. The van der Waals surface area contributed by atoms with E-state index < -0.39 is 0 Å². The first-order valence-electron chi connectivity index (χ1n) is 9.32. The minimum Gasteiger partial charge on any atom is -0.345 e. The van der Waals surface area contributed by atoms with Crippen molar-refractivity contribution in [3.8, 4) is 0 Å². The van der Waals surface area contributed by atoms with E-state index in [2.05, 4.69) is 11.5 Å². The Morgan fingerprint density at radius 2 is 1.89 bits per heavy atom. The van der Waals surface area contributed by atoms with Crippen molar-refractivity contribution in [3.63, 3.8) is 0 Å². The van der Waals surface area contributed by atoms with Gasteiger partial charge in [-0.25, -0.2) is 4.39 Å². The monoisotopic (exact) mass is 364 g/mol. The molecule has 3 aromatic rings. The number of benzene rings is 2. The minimum absolute atomic E-state index is 0.0495. The van der Waals surface area contributed by atoms with E-state index in [0.29, 0.717) is 19.6 Å². The van der Waals surface area contributed by atoms with E-state index in [1.807, 2.05) is 60.5 Å². The van der Waals surface area contributed by atoms with Gasteiger partial charge in [0.15, 0.2) is 0 Å². The van der Waals surface area contributed by atoms with Crippen LogP contribution in [0.15, 0.2) is 66.9 Å². The summed E-state index contributed by atoms with van der Waals surface area (Å²) < 4.78 is 15.5. The topological polar surface area (TPSA) is 25.2 Å². The third-order valence-corrected chi connectivity index (χ3v) is 4.67. The molecule has 140 valence electrons. The van der Waals surface area contributed by atoms with E-state index in [0.717, 1.165) is 28.8 Å². The molecule has 0 aliphatic rings. The molecule has 1 heterocycles. The number of amides is 1. The van der Waals surface area contributed by atoms with Gasteiger partial charge in [-0.15, -0.1) is 0 Å². The first kappa shape index (κ1) is 18.9. The van der Waals surface area contributed by atoms with Gasteiger partial charge < -0.3 is 9.47 Å². The van der Waals surface area contributed by atoms with Gasteiger partial charge in [-0.05, 0) is 54.8 Å². The summed E-state index contributed by atoms with van der Waals surface area (Å²) in [5, 5.41) is 0. The Bertz CT molecular complexity index is 916. The van der Waals surface area contributed by atoms with Crippen molar-refractivity contribution in [2.75, 3.05) is 6.54 Å². The van der Waals surface area contributed by atoms with Gasteiger partial charge in [0.25, 0.3) is 5.91 Å². The molecule has 1 aromatic heterocycles. The number of carbonyl (C=O) groups excluding carboxylic acids is 1. The quantitative estimate of drug-likeness (QED) is 0.577. The normalized spacial score (nSPS) is 10.8. The fourth-order valence-corrected chi connectivity index (χ4v) is 3.28. The van der Waals surface area contributed by atoms with Crippen LogP contribution in [0, 0.1) is 12.7 Å².